The van der Waals surface area contributed by atoms with Crippen molar-refractivity contribution in [3.8, 4) is 0 Å². The van der Waals surface area contributed by atoms with Gasteiger partial charge in [-0.25, -0.2) is 0 Å². The molecule has 2 rings (SSSR count). The molecule has 0 unspecified atom stereocenters. The van der Waals surface area contributed by atoms with Gasteiger partial charge in [-0.2, -0.15) is 0 Å². The van der Waals surface area contributed by atoms with E-state index < -0.39 is 11.4 Å². The molecule has 4 heteroatoms. The molecule has 80 valence electrons. The number of aliphatic carboxylic acids is 1. The Hall–Kier alpha value is -0.730. The molecule has 0 aromatic heterocycles. The van der Waals surface area contributed by atoms with Gasteiger partial charge in [0.1, 0.15) is 0 Å². The third-order valence-electron chi connectivity index (χ3n) is 3.06. The topological polar surface area (TPSA) is 37.3 Å². The summed E-state index contributed by atoms with van der Waals surface area (Å²) in [4.78, 5) is 11.2. The third-order valence-corrected chi connectivity index (χ3v) is 3.61. The van der Waals surface area contributed by atoms with Crippen molar-refractivity contribution in [2.75, 3.05) is 0 Å². The number of carboxylic acid groups (broad SMARTS) is 1. The van der Waals surface area contributed by atoms with E-state index in [9.17, 15) is 9.90 Å². The molecule has 0 radical (unpaired) electrons. The molecular weight excluding hydrogens is 235 g/mol. The van der Waals surface area contributed by atoms with Gasteiger partial charge in [-0.1, -0.05) is 35.7 Å². The van der Waals surface area contributed by atoms with Crippen LogP contribution in [0.5, 0.6) is 0 Å². The van der Waals surface area contributed by atoms with Crippen molar-refractivity contribution in [1.82, 2.24) is 0 Å². The molecule has 0 aliphatic heterocycles. The minimum atomic E-state index is -0.794. The van der Waals surface area contributed by atoms with Crippen LogP contribution in [-0.4, -0.2) is 11.1 Å². The van der Waals surface area contributed by atoms with Crippen LogP contribution in [0.4, 0.5) is 0 Å². The van der Waals surface area contributed by atoms with Gasteiger partial charge < -0.3 is 5.11 Å². The molecule has 1 aromatic carbocycles. The fourth-order valence-electron chi connectivity index (χ4n) is 2.01. The average molecular weight is 245 g/mol. The van der Waals surface area contributed by atoms with Gasteiger partial charge in [-0.3, -0.25) is 4.79 Å². The quantitative estimate of drug-likeness (QED) is 0.865. The molecule has 0 bridgehead atoms. The summed E-state index contributed by atoms with van der Waals surface area (Å²) >= 11 is 11.8. The first-order valence-corrected chi connectivity index (χ1v) is 5.51. The van der Waals surface area contributed by atoms with Crippen LogP contribution in [0.1, 0.15) is 24.8 Å². The maximum Gasteiger partial charge on any atom is 0.314 e. The first-order valence-electron chi connectivity index (χ1n) is 4.75. The molecule has 0 saturated heterocycles. The number of hydrogen-bond donors (Lipinski definition) is 1. The van der Waals surface area contributed by atoms with E-state index in [2.05, 4.69) is 0 Å². The standard InChI is InChI=1S/C11H10Cl2O2/c12-7-2-3-8(9(13)6-7)11(10(14)15)4-1-5-11/h2-3,6H,1,4-5H2,(H,14,15). The van der Waals surface area contributed by atoms with E-state index in [4.69, 9.17) is 23.2 Å². The fraction of sp³-hybridized carbons (Fsp3) is 0.364. The number of rotatable bonds is 2. The first kappa shape index (κ1) is 10.8. The van der Waals surface area contributed by atoms with Gasteiger partial charge in [0.25, 0.3) is 0 Å². The predicted octanol–water partition coefficient (Wildman–Crippen LogP) is 3.50. The number of hydrogen-bond acceptors (Lipinski definition) is 1. The number of carbonyl (C=O) groups is 1. The van der Waals surface area contributed by atoms with E-state index in [1.54, 1.807) is 18.2 Å². The van der Waals surface area contributed by atoms with Gasteiger partial charge in [0.05, 0.1) is 5.41 Å². The molecule has 1 aromatic rings. The van der Waals surface area contributed by atoms with Crippen molar-refractivity contribution in [3.63, 3.8) is 0 Å². The van der Waals surface area contributed by atoms with Crippen molar-refractivity contribution in [3.05, 3.63) is 33.8 Å². The molecule has 15 heavy (non-hydrogen) atoms. The lowest BCUT2D eigenvalue weighted by Crippen LogP contribution is -2.42. The van der Waals surface area contributed by atoms with Crippen LogP contribution in [-0.2, 0) is 10.2 Å². The van der Waals surface area contributed by atoms with Crippen LogP contribution >= 0.6 is 23.2 Å². The van der Waals surface area contributed by atoms with Crippen molar-refractivity contribution in [2.45, 2.75) is 24.7 Å². The second kappa shape index (κ2) is 3.69. The minimum Gasteiger partial charge on any atom is -0.481 e. The van der Waals surface area contributed by atoms with Gasteiger partial charge in [-0.05, 0) is 30.5 Å². The zero-order valence-corrected chi connectivity index (χ0v) is 9.48. The van der Waals surface area contributed by atoms with E-state index in [1.807, 2.05) is 0 Å². The highest BCUT2D eigenvalue weighted by Crippen LogP contribution is 2.46. The molecule has 0 heterocycles. The molecule has 0 atom stereocenters. The Morgan fingerprint density at radius 2 is 2.00 bits per heavy atom. The summed E-state index contributed by atoms with van der Waals surface area (Å²) in [6.07, 6.45) is 2.25. The number of carboxylic acids is 1. The molecule has 1 N–H and O–H groups in total. The molecule has 0 amide bonds. The summed E-state index contributed by atoms with van der Waals surface area (Å²) < 4.78 is 0. The number of benzene rings is 1. The highest BCUT2D eigenvalue weighted by atomic mass is 35.5. The van der Waals surface area contributed by atoms with Crippen LogP contribution in [0.25, 0.3) is 0 Å². The zero-order valence-electron chi connectivity index (χ0n) is 7.96. The fourth-order valence-corrected chi connectivity index (χ4v) is 2.60. The summed E-state index contributed by atoms with van der Waals surface area (Å²) in [6, 6.07) is 5.01. The Balaban J connectivity index is 2.48. The summed E-state index contributed by atoms with van der Waals surface area (Å²) in [5, 5.41) is 10.2. The summed E-state index contributed by atoms with van der Waals surface area (Å²) in [5.74, 6) is -0.794. The SMILES string of the molecule is O=C(O)C1(c2ccc(Cl)cc2Cl)CCC1. The van der Waals surface area contributed by atoms with Crippen LogP contribution < -0.4 is 0 Å². The van der Waals surface area contributed by atoms with Crippen LogP contribution in [0.3, 0.4) is 0 Å². The second-order valence-electron chi connectivity index (χ2n) is 3.86. The maximum absolute atomic E-state index is 11.2. The van der Waals surface area contributed by atoms with Crippen LogP contribution in [0, 0.1) is 0 Å². The van der Waals surface area contributed by atoms with Crippen molar-refractivity contribution < 1.29 is 9.90 Å². The molecule has 2 nitrogen and oxygen atoms in total. The van der Waals surface area contributed by atoms with Gasteiger partial charge in [-0.15, -0.1) is 0 Å². The molecule has 1 aliphatic carbocycles. The summed E-state index contributed by atoms with van der Waals surface area (Å²) in [6.45, 7) is 0. The van der Waals surface area contributed by atoms with Gasteiger partial charge in [0, 0.05) is 10.0 Å². The van der Waals surface area contributed by atoms with E-state index in [-0.39, 0.29) is 0 Å². The average Bonchev–Trinajstić information content (AvgIpc) is 2.05. The van der Waals surface area contributed by atoms with Crippen LogP contribution in [0.2, 0.25) is 10.0 Å². The van der Waals surface area contributed by atoms with E-state index in [0.29, 0.717) is 28.5 Å². The lowest BCUT2D eigenvalue weighted by molar-refractivity contribution is -0.147. The summed E-state index contributed by atoms with van der Waals surface area (Å²) in [7, 11) is 0. The normalized spacial score (nSPS) is 18.3. The summed E-state index contributed by atoms with van der Waals surface area (Å²) in [5.41, 5.74) is -0.0888. The maximum atomic E-state index is 11.2. The van der Waals surface area contributed by atoms with Gasteiger partial charge >= 0.3 is 5.97 Å². The predicted molar refractivity (Wildman–Crippen MR) is 59.6 cm³/mol. The smallest absolute Gasteiger partial charge is 0.314 e. The van der Waals surface area contributed by atoms with Gasteiger partial charge in [0.2, 0.25) is 0 Å². The number of halogens is 2. The lowest BCUT2D eigenvalue weighted by Gasteiger charge is -2.38. The van der Waals surface area contributed by atoms with E-state index in [1.165, 1.54) is 0 Å². The van der Waals surface area contributed by atoms with Crippen molar-refractivity contribution in [1.29, 1.82) is 0 Å². The zero-order chi connectivity index (χ0) is 11.1. The van der Waals surface area contributed by atoms with Crippen LogP contribution in [0.15, 0.2) is 18.2 Å². The second-order valence-corrected chi connectivity index (χ2v) is 4.71. The third kappa shape index (κ3) is 1.62. The highest BCUT2D eigenvalue weighted by Gasteiger charge is 2.47. The first-order chi connectivity index (χ1) is 7.06. The molecular formula is C11H10Cl2O2. The van der Waals surface area contributed by atoms with E-state index in [0.717, 1.165) is 6.42 Å². The molecule has 0 spiro atoms. The molecule has 1 fully saturated rings. The minimum absolute atomic E-state index is 0.449. The highest BCUT2D eigenvalue weighted by molar-refractivity contribution is 6.35. The van der Waals surface area contributed by atoms with Gasteiger partial charge in [0.15, 0.2) is 0 Å². The Labute approximate surface area is 97.8 Å². The lowest BCUT2D eigenvalue weighted by atomic mass is 9.64. The molecule has 1 saturated carbocycles. The van der Waals surface area contributed by atoms with Crippen molar-refractivity contribution >= 4 is 29.2 Å². The Kier molecular flexibility index (Phi) is 2.65. The largest absolute Gasteiger partial charge is 0.481 e. The monoisotopic (exact) mass is 244 g/mol. The van der Waals surface area contributed by atoms with Crippen molar-refractivity contribution in [2.24, 2.45) is 0 Å². The Morgan fingerprint density at radius 1 is 1.33 bits per heavy atom. The Morgan fingerprint density at radius 3 is 2.40 bits per heavy atom. The Bertz CT molecular complexity index is 411. The molecule has 1 aliphatic rings. The van der Waals surface area contributed by atoms with E-state index >= 15 is 0 Å².